The summed E-state index contributed by atoms with van der Waals surface area (Å²) >= 11 is 0. The molecule has 0 spiro atoms. The van der Waals surface area contributed by atoms with E-state index in [9.17, 15) is 9.59 Å². The number of nitrogens with one attached hydrogen (secondary N) is 4. The summed E-state index contributed by atoms with van der Waals surface area (Å²) in [5.74, 6) is -1.96. The number of nitrogens with two attached hydrogens (primary N) is 1. The average Bonchev–Trinajstić information content (AvgIpc) is 2.90. The summed E-state index contributed by atoms with van der Waals surface area (Å²) in [5.41, 5.74) is 12.0. The van der Waals surface area contributed by atoms with E-state index in [0.29, 0.717) is 28.8 Å². The van der Waals surface area contributed by atoms with Crippen molar-refractivity contribution in [2.24, 2.45) is 5.73 Å². The van der Waals surface area contributed by atoms with Gasteiger partial charge >= 0.3 is 0 Å². The summed E-state index contributed by atoms with van der Waals surface area (Å²) in [6.07, 6.45) is 3.63. The molecule has 11 heteroatoms. The summed E-state index contributed by atoms with van der Waals surface area (Å²) in [7, 11) is 1.42. The van der Waals surface area contributed by atoms with Crippen molar-refractivity contribution in [3.05, 3.63) is 82.9 Å². The van der Waals surface area contributed by atoms with Crippen molar-refractivity contribution < 1.29 is 23.5 Å². The molecule has 10 nitrogen and oxygen atoms in total. The molecule has 2 aromatic carbocycles. The van der Waals surface area contributed by atoms with E-state index in [1.54, 1.807) is 31.2 Å². The number of carbonyl (C=O) groups is 2. The first-order chi connectivity index (χ1) is 17.7. The third-order valence-corrected chi connectivity index (χ3v) is 5.38. The molecule has 1 heterocycles. The Bertz CT molecular complexity index is 1280. The normalized spacial score (nSPS) is 11.2. The van der Waals surface area contributed by atoms with Crippen molar-refractivity contribution in [2.45, 2.75) is 26.3 Å². The molecule has 0 aliphatic rings. The Morgan fingerprint density at radius 2 is 1.89 bits per heavy atom. The number of halogens is 1. The predicted molar refractivity (Wildman–Crippen MR) is 137 cm³/mol. The number of rotatable bonds is 10. The molecule has 6 N–H and O–H groups in total. The van der Waals surface area contributed by atoms with Gasteiger partial charge < -0.3 is 20.5 Å². The van der Waals surface area contributed by atoms with Gasteiger partial charge in [-0.2, -0.15) is 0 Å². The number of carbonyl (C=O) groups excluding carboxylic acids is 2. The number of nitrogens with zero attached hydrogens (tertiary/aromatic N) is 1. The molecule has 1 aromatic heterocycles. The fraction of sp³-hybridized carbons (Fsp3) is 0.231. The molecule has 3 aromatic rings. The number of pyridine rings is 1. The zero-order chi connectivity index (χ0) is 26.9. The summed E-state index contributed by atoms with van der Waals surface area (Å²) in [6, 6.07) is 9.37. The van der Waals surface area contributed by atoms with E-state index in [0.717, 1.165) is 0 Å². The topological polar surface area (TPSA) is 151 Å². The van der Waals surface area contributed by atoms with Gasteiger partial charge in [-0.3, -0.25) is 30.8 Å². The number of amidine groups is 1. The molecule has 2 amide bonds. The minimum Gasteiger partial charge on any atom is -0.497 e. The number of aryl methyl sites for hydroxylation is 1. The van der Waals surface area contributed by atoms with Crippen LogP contribution in [0.1, 0.15) is 46.4 Å². The Morgan fingerprint density at radius 1 is 1.16 bits per heavy atom. The molecule has 194 valence electrons. The molecular weight excluding hydrogens is 479 g/mol. The second kappa shape index (κ2) is 12.3. The largest absolute Gasteiger partial charge is 0.497 e. The predicted octanol–water partition coefficient (Wildman–Crippen LogP) is 3.22. The maximum Gasteiger partial charge on any atom is 0.270 e. The van der Waals surface area contributed by atoms with Crippen molar-refractivity contribution in [1.82, 2.24) is 15.8 Å². The van der Waals surface area contributed by atoms with Crippen molar-refractivity contribution in [3.63, 3.8) is 0 Å². The summed E-state index contributed by atoms with van der Waals surface area (Å²) in [4.78, 5) is 29.9. The minimum atomic E-state index is -1.30. The summed E-state index contributed by atoms with van der Waals surface area (Å²) in [5, 5.41) is 10.5. The zero-order valence-corrected chi connectivity index (χ0v) is 20.7. The van der Waals surface area contributed by atoms with Gasteiger partial charge in [-0.1, -0.05) is 6.92 Å². The Morgan fingerprint density at radius 3 is 2.51 bits per heavy atom. The van der Waals surface area contributed by atoms with Crippen molar-refractivity contribution in [3.8, 4) is 11.5 Å². The van der Waals surface area contributed by atoms with Crippen LogP contribution in [0.5, 0.6) is 11.5 Å². The van der Waals surface area contributed by atoms with Gasteiger partial charge in [0, 0.05) is 40.8 Å². The van der Waals surface area contributed by atoms with Crippen LogP contribution in [0.4, 0.5) is 10.1 Å². The highest BCUT2D eigenvalue weighted by molar-refractivity contribution is 5.97. The number of hydrogen-bond acceptors (Lipinski definition) is 7. The first kappa shape index (κ1) is 26.9. The lowest BCUT2D eigenvalue weighted by atomic mass is 10.0. The monoisotopic (exact) mass is 508 g/mol. The molecule has 0 saturated carbocycles. The molecule has 0 radical (unpaired) electrons. The lowest BCUT2D eigenvalue weighted by Gasteiger charge is -2.22. The van der Waals surface area contributed by atoms with E-state index in [4.69, 9.17) is 20.6 Å². The second-order valence-electron chi connectivity index (χ2n) is 8.08. The number of benzene rings is 2. The summed E-state index contributed by atoms with van der Waals surface area (Å²) in [6.45, 7) is 3.86. The highest BCUT2D eigenvalue weighted by atomic mass is 19.1. The molecule has 1 atom stereocenters. The van der Waals surface area contributed by atoms with Crippen LogP contribution in [-0.4, -0.2) is 36.4 Å². The molecular formula is C26H29FN6O4. The number of amides is 2. The molecule has 0 bridgehead atoms. The maximum absolute atomic E-state index is 15.6. The van der Waals surface area contributed by atoms with Crippen LogP contribution in [0.15, 0.2) is 54.9 Å². The SMILES string of the molecule is CCCOc1cc(OC)cc(C(Nc2ccc(C(=N)N)cc2)C(=O)NNC(=O)c2ccncc2C)c1F. The van der Waals surface area contributed by atoms with E-state index in [1.165, 1.54) is 37.7 Å². The lowest BCUT2D eigenvalue weighted by Crippen LogP contribution is -2.45. The van der Waals surface area contributed by atoms with Crippen LogP contribution < -0.4 is 31.4 Å². The Labute approximate surface area is 213 Å². The van der Waals surface area contributed by atoms with Gasteiger partial charge in [-0.15, -0.1) is 0 Å². The number of ether oxygens (including phenoxy) is 2. The third kappa shape index (κ3) is 6.72. The zero-order valence-electron chi connectivity index (χ0n) is 20.7. The highest BCUT2D eigenvalue weighted by Gasteiger charge is 2.28. The van der Waals surface area contributed by atoms with Gasteiger partial charge in [0.25, 0.3) is 11.8 Å². The van der Waals surface area contributed by atoms with Gasteiger partial charge in [0.05, 0.1) is 13.7 Å². The number of aromatic nitrogens is 1. The van der Waals surface area contributed by atoms with E-state index in [2.05, 4.69) is 21.2 Å². The van der Waals surface area contributed by atoms with Crippen LogP contribution in [-0.2, 0) is 4.79 Å². The molecule has 37 heavy (non-hydrogen) atoms. The van der Waals surface area contributed by atoms with Gasteiger partial charge in [0.15, 0.2) is 11.6 Å². The highest BCUT2D eigenvalue weighted by Crippen LogP contribution is 2.33. The fourth-order valence-electron chi connectivity index (χ4n) is 3.42. The smallest absolute Gasteiger partial charge is 0.270 e. The van der Waals surface area contributed by atoms with E-state index >= 15 is 4.39 Å². The molecule has 0 aliphatic carbocycles. The Balaban J connectivity index is 1.95. The van der Waals surface area contributed by atoms with Gasteiger partial charge in [0.1, 0.15) is 17.6 Å². The number of anilines is 1. The number of methoxy groups -OCH3 is 1. The first-order valence-electron chi connectivity index (χ1n) is 11.5. The molecule has 0 aliphatic heterocycles. The molecule has 3 rings (SSSR count). The van der Waals surface area contributed by atoms with Gasteiger partial charge in [0.2, 0.25) is 0 Å². The number of nitrogen functional groups attached to an aromatic ring is 1. The standard InChI is InChI=1S/C26H29FN6O4/c1-4-11-37-21-13-18(36-3)12-20(22(21)27)23(31-17-7-5-16(6-8-17)24(28)29)26(35)33-32-25(34)19-9-10-30-14-15(19)2/h5-10,12-14,23,31H,4,11H2,1-3H3,(H3,28,29)(H,32,34)(H,33,35). The van der Waals surface area contributed by atoms with Gasteiger partial charge in [-0.05, 0) is 55.3 Å². The van der Waals surface area contributed by atoms with Crippen LogP contribution in [0.3, 0.4) is 0 Å². The van der Waals surface area contributed by atoms with E-state index in [1.807, 2.05) is 6.92 Å². The van der Waals surface area contributed by atoms with Crippen LogP contribution in [0.2, 0.25) is 0 Å². The molecule has 0 saturated heterocycles. The van der Waals surface area contributed by atoms with Crippen molar-refractivity contribution in [1.29, 1.82) is 5.41 Å². The Kier molecular flexibility index (Phi) is 8.98. The third-order valence-electron chi connectivity index (χ3n) is 5.38. The van der Waals surface area contributed by atoms with Crippen LogP contribution >= 0.6 is 0 Å². The Hall–Kier alpha value is -4.67. The average molecular weight is 509 g/mol. The van der Waals surface area contributed by atoms with E-state index < -0.39 is 23.7 Å². The lowest BCUT2D eigenvalue weighted by molar-refractivity contribution is -0.122. The minimum absolute atomic E-state index is 0.0621. The van der Waals surface area contributed by atoms with E-state index in [-0.39, 0.29) is 29.5 Å². The van der Waals surface area contributed by atoms with Crippen molar-refractivity contribution >= 4 is 23.3 Å². The van der Waals surface area contributed by atoms with Crippen LogP contribution in [0.25, 0.3) is 0 Å². The maximum atomic E-state index is 15.6. The number of hydrogen-bond donors (Lipinski definition) is 5. The second-order valence-corrected chi connectivity index (χ2v) is 8.08. The molecule has 0 fully saturated rings. The quantitative estimate of drug-likeness (QED) is 0.160. The van der Waals surface area contributed by atoms with Gasteiger partial charge in [-0.25, -0.2) is 4.39 Å². The fourth-order valence-corrected chi connectivity index (χ4v) is 3.42. The number of hydrazine groups is 1. The summed E-state index contributed by atoms with van der Waals surface area (Å²) < 4.78 is 26.4. The van der Waals surface area contributed by atoms with Crippen molar-refractivity contribution in [2.75, 3.05) is 19.0 Å². The molecule has 1 unspecified atom stereocenters. The first-order valence-corrected chi connectivity index (χ1v) is 11.5. The van der Waals surface area contributed by atoms with Crippen LogP contribution in [0, 0.1) is 18.2 Å².